The summed E-state index contributed by atoms with van der Waals surface area (Å²) in [5.41, 5.74) is 3.34. The number of nitrogens with one attached hydrogen (secondary N) is 1. The molecule has 2 aliphatic heterocycles. The van der Waals surface area contributed by atoms with Gasteiger partial charge < -0.3 is 29.0 Å². The average molecular weight is 534 g/mol. The highest BCUT2D eigenvalue weighted by atomic mass is 16.7. The van der Waals surface area contributed by atoms with E-state index < -0.39 is 35.5 Å². The van der Waals surface area contributed by atoms with Crippen LogP contribution in [0.25, 0.3) is 0 Å². The number of carbonyl (C=O) groups is 3. The third-order valence-electron chi connectivity index (χ3n) is 7.31. The summed E-state index contributed by atoms with van der Waals surface area (Å²) >= 11 is 0. The molecule has 0 fully saturated rings. The van der Waals surface area contributed by atoms with Gasteiger partial charge in [0.1, 0.15) is 11.7 Å². The van der Waals surface area contributed by atoms with Crippen LogP contribution in [0.4, 0.5) is 0 Å². The van der Waals surface area contributed by atoms with E-state index in [1.165, 1.54) is 0 Å². The fourth-order valence-corrected chi connectivity index (χ4v) is 5.63. The van der Waals surface area contributed by atoms with E-state index in [1.54, 1.807) is 46.1 Å². The molecule has 204 valence electrons. The molecule has 2 aromatic carbocycles. The normalized spacial score (nSPS) is 21.7. The van der Waals surface area contributed by atoms with Gasteiger partial charge in [0.2, 0.25) is 6.79 Å². The second kappa shape index (κ2) is 10.8. The van der Waals surface area contributed by atoms with Gasteiger partial charge in [-0.25, -0.2) is 4.79 Å². The number of carbonyl (C=O) groups excluding carboxylic acids is 3. The average Bonchev–Trinajstić information content (AvgIpc) is 3.40. The third kappa shape index (κ3) is 4.73. The molecule has 0 bridgehead atoms. The van der Waals surface area contributed by atoms with Crippen molar-refractivity contribution in [3.8, 4) is 17.2 Å². The summed E-state index contributed by atoms with van der Waals surface area (Å²) in [6.07, 6.45) is 0.353. The van der Waals surface area contributed by atoms with Crippen LogP contribution in [0, 0.1) is 5.92 Å². The van der Waals surface area contributed by atoms with E-state index in [-0.39, 0.29) is 20.0 Å². The molecule has 39 heavy (non-hydrogen) atoms. The molecule has 0 saturated heterocycles. The summed E-state index contributed by atoms with van der Waals surface area (Å²) in [5.74, 6) is -2.17. The Hall–Kier alpha value is -4.27. The molecule has 3 atom stereocenters. The molecule has 0 radical (unpaired) electrons. The molecule has 9 nitrogen and oxygen atoms in total. The molecule has 9 heteroatoms. The number of ether oxygens (including phenoxy) is 5. The molecule has 1 aliphatic carbocycles. The Labute approximate surface area is 226 Å². The van der Waals surface area contributed by atoms with E-state index >= 15 is 0 Å². The zero-order valence-corrected chi connectivity index (χ0v) is 22.4. The minimum Gasteiger partial charge on any atom is -0.497 e. The number of Topliss-reactive ketones (excluding diaryl/α,β-unsaturated/α-hetero) is 1. The number of allylic oxidation sites excluding steroid dienone is 3. The monoisotopic (exact) mass is 533 g/mol. The summed E-state index contributed by atoms with van der Waals surface area (Å²) < 4.78 is 27.3. The van der Waals surface area contributed by atoms with Gasteiger partial charge in [0, 0.05) is 28.8 Å². The molecule has 0 unspecified atom stereocenters. The van der Waals surface area contributed by atoms with Crippen molar-refractivity contribution in [2.45, 2.75) is 39.0 Å². The van der Waals surface area contributed by atoms with Gasteiger partial charge in [0.15, 0.2) is 17.3 Å². The predicted octanol–water partition coefficient (Wildman–Crippen LogP) is 4.14. The van der Waals surface area contributed by atoms with E-state index in [0.717, 1.165) is 5.56 Å². The number of hydrogen-bond donors (Lipinski definition) is 1. The number of rotatable bonds is 7. The SMILES string of the molecule is CCOC(=O)C1=C(C)NC2=C(C(=O)[C@H](C(=O)OCC)[C@H](c3cccc(OC)c3)C2)[C@@H]1c1ccc2c(c1)OCO2. The number of benzene rings is 2. The van der Waals surface area contributed by atoms with Crippen LogP contribution in [0.1, 0.15) is 50.2 Å². The lowest BCUT2D eigenvalue weighted by Gasteiger charge is -2.39. The number of ketones is 1. The van der Waals surface area contributed by atoms with Crippen molar-refractivity contribution in [1.82, 2.24) is 5.32 Å². The predicted molar refractivity (Wildman–Crippen MR) is 140 cm³/mol. The van der Waals surface area contributed by atoms with Crippen LogP contribution < -0.4 is 19.5 Å². The molecule has 0 aromatic heterocycles. The topological polar surface area (TPSA) is 109 Å². The van der Waals surface area contributed by atoms with E-state index in [1.807, 2.05) is 24.3 Å². The molecule has 1 N–H and O–H groups in total. The van der Waals surface area contributed by atoms with E-state index in [0.29, 0.717) is 51.8 Å². The van der Waals surface area contributed by atoms with Crippen molar-refractivity contribution in [2.24, 2.45) is 5.92 Å². The van der Waals surface area contributed by atoms with E-state index in [9.17, 15) is 14.4 Å². The van der Waals surface area contributed by atoms with Crippen LogP contribution in [0.2, 0.25) is 0 Å². The quantitative estimate of drug-likeness (QED) is 0.415. The summed E-state index contributed by atoms with van der Waals surface area (Å²) in [7, 11) is 1.57. The Bertz CT molecular complexity index is 1390. The summed E-state index contributed by atoms with van der Waals surface area (Å²) in [4.78, 5) is 41.0. The zero-order chi connectivity index (χ0) is 27.7. The first-order valence-electron chi connectivity index (χ1n) is 13.0. The summed E-state index contributed by atoms with van der Waals surface area (Å²) in [6.45, 7) is 5.62. The van der Waals surface area contributed by atoms with Gasteiger partial charge in [-0.15, -0.1) is 0 Å². The summed E-state index contributed by atoms with van der Waals surface area (Å²) in [6, 6.07) is 12.7. The Kier molecular flexibility index (Phi) is 7.32. The highest BCUT2D eigenvalue weighted by Gasteiger charge is 2.49. The molecular weight excluding hydrogens is 502 g/mol. The molecule has 2 aromatic rings. The van der Waals surface area contributed by atoms with Gasteiger partial charge in [0.05, 0.1) is 25.9 Å². The van der Waals surface area contributed by atoms with Gasteiger partial charge in [-0.05, 0) is 62.6 Å². The Morgan fingerprint density at radius 2 is 1.77 bits per heavy atom. The Balaban J connectivity index is 1.67. The molecule has 5 rings (SSSR count). The van der Waals surface area contributed by atoms with Crippen LogP contribution in [-0.2, 0) is 23.9 Å². The van der Waals surface area contributed by atoms with Crippen LogP contribution in [-0.4, -0.2) is 44.8 Å². The minimum atomic E-state index is -1.10. The second-order valence-corrected chi connectivity index (χ2v) is 9.50. The number of dihydropyridines is 1. The molecular formula is C30H31NO8. The summed E-state index contributed by atoms with van der Waals surface area (Å²) in [5, 5.41) is 3.31. The smallest absolute Gasteiger partial charge is 0.336 e. The van der Waals surface area contributed by atoms with Crippen molar-refractivity contribution >= 4 is 17.7 Å². The van der Waals surface area contributed by atoms with Crippen molar-refractivity contribution in [3.63, 3.8) is 0 Å². The first-order valence-corrected chi connectivity index (χ1v) is 13.0. The highest BCUT2D eigenvalue weighted by molar-refractivity contribution is 6.13. The van der Waals surface area contributed by atoms with Crippen LogP contribution in [0.3, 0.4) is 0 Å². The van der Waals surface area contributed by atoms with Crippen molar-refractivity contribution in [1.29, 1.82) is 0 Å². The number of methoxy groups -OCH3 is 1. The van der Waals surface area contributed by atoms with Gasteiger partial charge >= 0.3 is 11.9 Å². The Morgan fingerprint density at radius 1 is 1.00 bits per heavy atom. The zero-order valence-electron chi connectivity index (χ0n) is 22.4. The molecule has 0 spiro atoms. The lowest BCUT2D eigenvalue weighted by molar-refractivity contribution is -0.152. The van der Waals surface area contributed by atoms with Crippen molar-refractivity contribution in [3.05, 3.63) is 76.1 Å². The van der Waals surface area contributed by atoms with E-state index in [4.69, 9.17) is 23.7 Å². The maximum Gasteiger partial charge on any atom is 0.336 e. The second-order valence-electron chi connectivity index (χ2n) is 9.50. The first kappa shape index (κ1) is 26.3. The van der Waals surface area contributed by atoms with Crippen LogP contribution in [0.15, 0.2) is 65.0 Å². The number of hydrogen-bond acceptors (Lipinski definition) is 9. The van der Waals surface area contributed by atoms with Crippen molar-refractivity contribution in [2.75, 3.05) is 27.1 Å². The van der Waals surface area contributed by atoms with Crippen molar-refractivity contribution < 1.29 is 38.1 Å². The Morgan fingerprint density at radius 3 is 2.51 bits per heavy atom. The molecule has 0 amide bonds. The van der Waals surface area contributed by atoms with Gasteiger partial charge in [-0.2, -0.15) is 0 Å². The van der Waals surface area contributed by atoms with Gasteiger partial charge in [0.25, 0.3) is 0 Å². The standard InChI is InChI=1S/C30H31NO8/c1-5-36-29(33)24-16(3)31-21-14-20(17-8-7-9-19(12-17)35-4)26(30(34)37-6-2)28(32)27(21)25(24)18-10-11-22-23(13-18)39-15-38-22/h7-13,20,25-26,31H,5-6,14-15H2,1-4H3/t20-,25+,26+/m0/s1. The lowest BCUT2D eigenvalue weighted by Crippen LogP contribution is -2.43. The number of fused-ring (bicyclic) bond motifs is 1. The largest absolute Gasteiger partial charge is 0.497 e. The molecule has 0 saturated carbocycles. The fourth-order valence-electron chi connectivity index (χ4n) is 5.63. The van der Waals surface area contributed by atoms with Gasteiger partial charge in [-0.3, -0.25) is 9.59 Å². The third-order valence-corrected chi connectivity index (χ3v) is 7.31. The molecule has 2 heterocycles. The van der Waals surface area contributed by atoms with Gasteiger partial charge in [-0.1, -0.05) is 18.2 Å². The highest BCUT2D eigenvalue weighted by Crippen LogP contribution is 2.49. The maximum absolute atomic E-state index is 14.4. The van der Waals surface area contributed by atoms with Crippen LogP contribution >= 0.6 is 0 Å². The fraction of sp³-hybridized carbons (Fsp3) is 0.367. The first-order chi connectivity index (χ1) is 18.9. The number of esters is 2. The minimum absolute atomic E-state index is 0.0879. The lowest BCUT2D eigenvalue weighted by atomic mass is 9.67. The van der Waals surface area contributed by atoms with Crippen LogP contribution in [0.5, 0.6) is 17.2 Å². The van der Waals surface area contributed by atoms with E-state index in [2.05, 4.69) is 5.32 Å². The molecule has 3 aliphatic rings. The maximum atomic E-state index is 14.4.